The molecule has 5 aromatic rings. The Hall–Kier alpha value is -5.45. The molecule has 2 aromatic carbocycles. The van der Waals surface area contributed by atoms with Gasteiger partial charge in [0.2, 0.25) is 5.43 Å². The van der Waals surface area contributed by atoms with Gasteiger partial charge in [0.05, 0.1) is 26.8 Å². The Kier molecular flexibility index (Phi) is 7.74. The van der Waals surface area contributed by atoms with Crippen LogP contribution in [-0.2, 0) is 7.05 Å². The van der Waals surface area contributed by atoms with Gasteiger partial charge in [0.25, 0.3) is 11.8 Å². The number of pyridine rings is 3. The van der Waals surface area contributed by atoms with Crippen molar-refractivity contribution in [1.29, 1.82) is 0 Å². The summed E-state index contributed by atoms with van der Waals surface area (Å²) >= 11 is 0. The normalized spacial score (nSPS) is 10.8. The number of fused-ring (bicyclic) bond motifs is 1. The van der Waals surface area contributed by atoms with Crippen LogP contribution in [0.1, 0.15) is 16.1 Å². The molecule has 1 N–H and O–H groups in total. The fourth-order valence-corrected chi connectivity index (χ4v) is 4.48. The number of nitrogens with zero attached hydrogens (tertiary/aromatic N) is 3. The van der Waals surface area contributed by atoms with Crippen LogP contribution in [0.2, 0.25) is 0 Å². The second kappa shape index (κ2) is 11.6. The number of rotatable bonds is 8. The summed E-state index contributed by atoms with van der Waals surface area (Å²) in [6.45, 7) is 1.76. The Morgan fingerprint density at radius 3 is 2.33 bits per heavy atom. The lowest BCUT2D eigenvalue weighted by Gasteiger charge is -2.15. The SMILES string of the molecule is COc1cc(NC(=O)c2cn(C)c(C)c(-c3ccc(F)cc3)c2=O)ccc1Oc1ccnc2cc(OC)c(OC)nc12. The van der Waals surface area contributed by atoms with Gasteiger partial charge in [0.15, 0.2) is 23.0 Å². The molecular formula is C31H27FN4O6. The van der Waals surface area contributed by atoms with Crippen LogP contribution in [0.15, 0.2) is 71.8 Å². The second-order valence-electron chi connectivity index (χ2n) is 9.25. The number of methoxy groups -OCH3 is 3. The Balaban J connectivity index is 1.44. The number of aryl methyl sites for hydroxylation is 1. The van der Waals surface area contributed by atoms with E-state index in [0.717, 1.165) is 0 Å². The van der Waals surface area contributed by atoms with E-state index in [9.17, 15) is 14.0 Å². The van der Waals surface area contributed by atoms with Gasteiger partial charge >= 0.3 is 0 Å². The maximum Gasteiger partial charge on any atom is 0.261 e. The first kappa shape index (κ1) is 28.1. The summed E-state index contributed by atoms with van der Waals surface area (Å²) in [5, 5.41) is 2.76. The van der Waals surface area contributed by atoms with Crippen LogP contribution in [0, 0.1) is 12.7 Å². The van der Waals surface area contributed by atoms with Crippen LogP contribution in [-0.4, -0.2) is 41.8 Å². The first-order chi connectivity index (χ1) is 20.2. The van der Waals surface area contributed by atoms with Crippen molar-refractivity contribution in [1.82, 2.24) is 14.5 Å². The van der Waals surface area contributed by atoms with Crippen LogP contribution in [0.4, 0.5) is 10.1 Å². The van der Waals surface area contributed by atoms with E-state index in [1.165, 1.54) is 51.8 Å². The third kappa shape index (κ3) is 5.31. The molecule has 3 aromatic heterocycles. The monoisotopic (exact) mass is 570 g/mol. The van der Waals surface area contributed by atoms with E-state index >= 15 is 0 Å². The van der Waals surface area contributed by atoms with Gasteiger partial charge in [-0.15, -0.1) is 0 Å². The topological polar surface area (TPSA) is 114 Å². The minimum absolute atomic E-state index is 0.0691. The van der Waals surface area contributed by atoms with Crippen molar-refractivity contribution >= 4 is 22.6 Å². The number of hydrogen-bond donors (Lipinski definition) is 1. The van der Waals surface area contributed by atoms with E-state index in [2.05, 4.69) is 15.3 Å². The molecule has 0 bridgehead atoms. The molecular weight excluding hydrogens is 543 g/mol. The number of nitrogens with one attached hydrogen (secondary N) is 1. The highest BCUT2D eigenvalue weighted by molar-refractivity contribution is 6.05. The first-order valence-corrected chi connectivity index (χ1v) is 12.7. The Labute approximate surface area is 240 Å². The van der Waals surface area contributed by atoms with Crippen molar-refractivity contribution < 1.29 is 28.1 Å². The van der Waals surface area contributed by atoms with Gasteiger partial charge in [-0.1, -0.05) is 12.1 Å². The molecule has 0 radical (unpaired) electrons. The molecule has 10 nitrogen and oxygen atoms in total. The van der Waals surface area contributed by atoms with Crippen molar-refractivity contribution in [2.75, 3.05) is 26.6 Å². The quantitative estimate of drug-likeness (QED) is 0.260. The summed E-state index contributed by atoms with van der Waals surface area (Å²) in [6.07, 6.45) is 3.05. The Morgan fingerprint density at radius 2 is 1.64 bits per heavy atom. The molecule has 0 saturated heterocycles. The number of ether oxygens (including phenoxy) is 4. The summed E-state index contributed by atoms with van der Waals surface area (Å²) in [5.74, 6) is 0.745. The maximum absolute atomic E-state index is 13.5. The fraction of sp³-hybridized carbons (Fsp3) is 0.161. The number of carbonyl (C=O) groups excluding carboxylic acids is 1. The summed E-state index contributed by atoms with van der Waals surface area (Å²) in [5.41, 5.74) is 2.29. The zero-order valence-corrected chi connectivity index (χ0v) is 23.5. The molecule has 0 aliphatic carbocycles. The average Bonchev–Trinajstić information content (AvgIpc) is 3.00. The zero-order valence-electron chi connectivity index (χ0n) is 23.5. The van der Waals surface area contributed by atoms with Crippen LogP contribution < -0.4 is 29.7 Å². The minimum atomic E-state index is -0.611. The van der Waals surface area contributed by atoms with E-state index in [4.69, 9.17) is 18.9 Å². The molecule has 3 heterocycles. The van der Waals surface area contributed by atoms with E-state index in [1.807, 2.05) is 0 Å². The number of halogens is 1. The predicted octanol–water partition coefficient (Wildman–Crippen LogP) is 5.51. The predicted molar refractivity (Wildman–Crippen MR) is 155 cm³/mol. The number of hydrogen-bond acceptors (Lipinski definition) is 8. The van der Waals surface area contributed by atoms with Gasteiger partial charge in [-0.25, -0.2) is 9.37 Å². The van der Waals surface area contributed by atoms with Crippen molar-refractivity contribution in [3.05, 3.63) is 94.3 Å². The lowest BCUT2D eigenvalue weighted by molar-refractivity contribution is 0.102. The Morgan fingerprint density at radius 1 is 0.905 bits per heavy atom. The fourth-order valence-electron chi connectivity index (χ4n) is 4.48. The highest BCUT2D eigenvalue weighted by atomic mass is 19.1. The van der Waals surface area contributed by atoms with Crippen LogP contribution in [0.25, 0.3) is 22.2 Å². The number of anilines is 1. The molecule has 11 heteroatoms. The molecule has 0 unspecified atom stereocenters. The molecule has 0 spiro atoms. The zero-order chi connectivity index (χ0) is 30.0. The van der Waals surface area contributed by atoms with Crippen molar-refractivity contribution in [3.8, 4) is 40.0 Å². The van der Waals surface area contributed by atoms with E-state index in [-0.39, 0.29) is 11.4 Å². The molecule has 0 atom stereocenters. The number of benzene rings is 2. The first-order valence-electron chi connectivity index (χ1n) is 12.7. The summed E-state index contributed by atoms with van der Waals surface area (Å²) in [7, 11) is 6.20. The highest BCUT2D eigenvalue weighted by Gasteiger charge is 2.20. The number of aromatic nitrogens is 3. The van der Waals surface area contributed by atoms with Crippen LogP contribution in [0.5, 0.6) is 28.9 Å². The standard InChI is InChI=1S/C31H27FN4O6/c1-17-27(18-6-8-19(32)9-7-18)29(37)21(16-36(17)2)30(38)34-20-10-11-23(25(14-20)39-3)42-24-12-13-33-22-15-26(40-4)31(41-5)35-28(22)24/h6-16H,1-5H3,(H,34,38). The van der Waals surface area contributed by atoms with Gasteiger partial charge in [-0.3, -0.25) is 14.6 Å². The molecule has 0 aliphatic rings. The molecule has 1 amide bonds. The molecule has 42 heavy (non-hydrogen) atoms. The molecule has 214 valence electrons. The Bertz CT molecular complexity index is 1870. The van der Waals surface area contributed by atoms with Crippen LogP contribution in [0.3, 0.4) is 0 Å². The molecule has 5 rings (SSSR count). The lowest BCUT2D eigenvalue weighted by atomic mass is 10.0. The third-order valence-corrected chi connectivity index (χ3v) is 6.72. The maximum atomic E-state index is 13.5. The third-order valence-electron chi connectivity index (χ3n) is 6.72. The molecule has 0 fully saturated rings. The van der Waals surface area contributed by atoms with Gasteiger partial charge in [-0.2, -0.15) is 0 Å². The summed E-state index contributed by atoms with van der Waals surface area (Å²) in [4.78, 5) is 35.5. The second-order valence-corrected chi connectivity index (χ2v) is 9.25. The van der Waals surface area contributed by atoms with Crippen LogP contribution >= 0.6 is 0 Å². The van der Waals surface area contributed by atoms with Crippen molar-refractivity contribution in [2.45, 2.75) is 6.92 Å². The van der Waals surface area contributed by atoms with Crippen molar-refractivity contribution in [3.63, 3.8) is 0 Å². The summed E-state index contributed by atoms with van der Waals surface area (Å²) < 4.78 is 37.5. The van der Waals surface area contributed by atoms with Gasteiger partial charge < -0.3 is 28.8 Å². The molecule has 0 saturated carbocycles. The smallest absolute Gasteiger partial charge is 0.261 e. The highest BCUT2D eigenvalue weighted by Crippen LogP contribution is 2.38. The van der Waals surface area contributed by atoms with E-state index < -0.39 is 17.2 Å². The number of carbonyl (C=O) groups is 1. The largest absolute Gasteiger partial charge is 0.493 e. The van der Waals surface area contributed by atoms with Gasteiger partial charge in [0, 0.05) is 54.6 Å². The van der Waals surface area contributed by atoms with E-state index in [0.29, 0.717) is 56.5 Å². The number of amides is 1. The molecule has 0 aliphatic heterocycles. The van der Waals surface area contributed by atoms with E-state index in [1.54, 1.807) is 55.1 Å². The van der Waals surface area contributed by atoms with Gasteiger partial charge in [-0.05, 0) is 36.8 Å². The average molecular weight is 571 g/mol. The summed E-state index contributed by atoms with van der Waals surface area (Å²) in [6, 6.07) is 13.7. The van der Waals surface area contributed by atoms with Crippen molar-refractivity contribution in [2.24, 2.45) is 7.05 Å². The minimum Gasteiger partial charge on any atom is -0.493 e. The van der Waals surface area contributed by atoms with Gasteiger partial charge in [0.1, 0.15) is 16.9 Å². The lowest BCUT2D eigenvalue weighted by Crippen LogP contribution is -2.25.